The molecule has 1 aromatic rings. The van der Waals surface area contributed by atoms with E-state index < -0.39 is 5.82 Å². The van der Waals surface area contributed by atoms with Crippen molar-refractivity contribution in [3.8, 4) is 5.75 Å². The van der Waals surface area contributed by atoms with E-state index in [1.54, 1.807) is 11.0 Å². The van der Waals surface area contributed by atoms with Crippen LogP contribution in [0, 0.1) is 5.82 Å². The van der Waals surface area contributed by atoms with Gasteiger partial charge in [-0.05, 0) is 43.9 Å². The Kier molecular flexibility index (Phi) is 3.85. The summed E-state index contributed by atoms with van der Waals surface area (Å²) >= 11 is 0. The van der Waals surface area contributed by atoms with Gasteiger partial charge in [-0.2, -0.15) is 0 Å². The molecule has 0 aliphatic carbocycles. The number of nitrogens with zero attached hydrogens (tertiary/aromatic N) is 1. The normalized spacial score (nSPS) is 27.5. The van der Waals surface area contributed by atoms with E-state index >= 15 is 0 Å². The number of nitrogens with one attached hydrogen (secondary N) is 1. The lowest BCUT2D eigenvalue weighted by Gasteiger charge is -2.35. The number of ether oxygens (including phenoxy) is 1. The van der Waals surface area contributed by atoms with Crippen molar-refractivity contribution in [2.75, 3.05) is 14.2 Å². The van der Waals surface area contributed by atoms with Crippen molar-refractivity contribution in [1.29, 1.82) is 0 Å². The highest BCUT2D eigenvalue weighted by Crippen LogP contribution is 2.30. The first-order chi connectivity index (χ1) is 10.1. The third-order valence-electron chi connectivity index (χ3n) is 4.71. The molecule has 2 fully saturated rings. The van der Waals surface area contributed by atoms with E-state index in [0.717, 1.165) is 12.8 Å². The van der Waals surface area contributed by atoms with Gasteiger partial charge in [0.25, 0.3) is 5.91 Å². The summed E-state index contributed by atoms with van der Waals surface area (Å²) in [6.45, 7) is 0. The lowest BCUT2D eigenvalue weighted by Crippen LogP contribution is -2.48. The average molecular weight is 292 g/mol. The van der Waals surface area contributed by atoms with Crippen molar-refractivity contribution in [2.24, 2.45) is 0 Å². The lowest BCUT2D eigenvalue weighted by atomic mass is 9.98. The van der Waals surface area contributed by atoms with Crippen LogP contribution in [0.25, 0.3) is 0 Å². The second kappa shape index (κ2) is 5.64. The van der Waals surface area contributed by atoms with E-state index in [9.17, 15) is 9.18 Å². The van der Waals surface area contributed by atoms with Gasteiger partial charge in [0.05, 0.1) is 7.11 Å². The number of fused-ring (bicyclic) bond motifs is 2. The Morgan fingerprint density at radius 3 is 2.57 bits per heavy atom. The zero-order valence-electron chi connectivity index (χ0n) is 12.4. The summed E-state index contributed by atoms with van der Waals surface area (Å²) < 4.78 is 18.6. The maximum atomic E-state index is 13.7. The zero-order chi connectivity index (χ0) is 15.0. The van der Waals surface area contributed by atoms with Crippen LogP contribution in [-0.2, 0) is 0 Å². The van der Waals surface area contributed by atoms with Gasteiger partial charge in [-0.1, -0.05) is 0 Å². The first-order valence-corrected chi connectivity index (χ1v) is 7.45. The number of hydrogen-bond donors (Lipinski definition) is 1. The molecule has 3 rings (SSSR count). The van der Waals surface area contributed by atoms with Crippen LogP contribution in [0.2, 0.25) is 0 Å². The van der Waals surface area contributed by atoms with Crippen molar-refractivity contribution in [2.45, 2.75) is 43.8 Å². The fourth-order valence-corrected chi connectivity index (χ4v) is 3.51. The Morgan fingerprint density at radius 1 is 1.33 bits per heavy atom. The zero-order valence-corrected chi connectivity index (χ0v) is 12.4. The molecule has 114 valence electrons. The van der Waals surface area contributed by atoms with Gasteiger partial charge < -0.3 is 15.0 Å². The largest absolute Gasteiger partial charge is 0.494 e. The van der Waals surface area contributed by atoms with E-state index in [1.807, 2.05) is 7.05 Å². The highest BCUT2D eigenvalue weighted by molar-refractivity contribution is 5.94. The van der Waals surface area contributed by atoms with E-state index in [2.05, 4.69) is 5.32 Å². The van der Waals surface area contributed by atoms with Crippen molar-refractivity contribution < 1.29 is 13.9 Å². The molecule has 1 amide bonds. The molecule has 2 atom stereocenters. The molecule has 2 aliphatic rings. The summed E-state index contributed by atoms with van der Waals surface area (Å²) in [6.07, 6.45) is 4.36. The van der Waals surface area contributed by atoms with E-state index in [0.29, 0.717) is 17.6 Å². The van der Waals surface area contributed by atoms with Crippen LogP contribution in [0.5, 0.6) is 5.75 Å². The number of carbonyl (C=O) groups is 1. The fraction of sp³-hybridized carbons (Fsp3) is 0.562. The van der Waals surface area contributed by atoms with Crippen molar-refractivity contribution >= 4 is 5.91 Å². The van der Waals surface area contributed by atoms with Crippen LogP contribution in [0.1, 0.15) is 36.0 Å². The third-order valence-corrected chi connectivity index (χ3v) is 4.71. The molecule has 4 nitrogen and oxygen atoms in total. The molecule has 2 saturated heterocycles. The number of methoxy groups -OCH3 is 1. The molecule has 2 aliphatic heterocycles. The summed E-state index contributed by atoms with van der Waals surface area (Å²) in [5.74, 6) is -0.459. The van der Waals surface area contributed by atoms with Gasteiger partial charge in [-0.15, -0.1) is 0 Å². The number of halogens is 1. The van der Waals surface area contributed by atoms with E-state index in [1.165, 1.54) is 32.1 Å². The van der Waals surface area contributed by atoms with Crippen LogP contribution in [0.4, 0.5) is 4.39 Å². The molecule has 1 aromatic carbocycles. The number of hydrogen-bond acceptors (Lipinski definition) is 3. The van der Waals surface area contributed by atoms with Crippen molar-refractivity contribution in [3.05, 3.63) is 29.6 Å². The second-order valence-corrected chi connectivity index (χ2v) is 6.03. The summed E-state index contributed by atoms with van der Waals surface area (Å²) in [5, 5.41) is 3.56. The Labute approximate surface area is 124 Å². The molecule has 5 heteroatoms. The number of rotatable bonds is 3. The molecule has 0 saturated carbocycles. The molecular formula is C16H21FN2O2. The monoisotopic (exact) mass is 292 g/mol. The minimum absolute atomic E-state index is 0.122. The Bertz CT molecular complexity index is 537. The number of carbonyl (C=O) groups excluding carboxylic acids is 1. The predicted octanol–water partition coefficient (Wildman–Crippen LogP) is 2.19. The van der Waals surface area contributed by atoms with Gasteiger partial charge in [0.1, 0.15) is 0 Å². The first kappa shape index (κ1) is 14.3. The van der Waals surface area contributed by atoms with Crippen LogP contribution in [0.3, 0.4) is 0 Å². The van der Waals surface area contributed by atoms with Crippen molar-refractivity contribution in [1.82, 2.24) is 10.2 Å². The van der Waals surface area contributed by atoms with Gasteiger partial charge in [-0.25, -0.2) is 4.39 Å². The molecule has 2 heterocycles. The second-order valence-electron chi connectivity index (χ2n) is 6.03. The van der Waals surface area contributed by atoms with Gasteiger partial charge in [0.2, 0.25) is 0 Å². The smallest absolute Gasteiger partial charge is 0.253 e. The van der Waals surface area contributed by atoms with E-state index in [4.69, 9.17) is 4.74 Å². The maximum Gasteiger partial charge on any atom is 0.253 e. The molecule has 0 spiro atoms. The molecular weight excluding hydrogens is 271 g/mol. The third kappa shape index (κ3) is 2.75. The fourth-order valence-electron chi connectivity index (χ4n) is 3.51. The minimum Gasteiger partial charge on any atom is -0.494 e. The number of piperidine rings is 1. The highest BCUT2D eigenvalue weighted by atomic mass is 19.1. The molecule has 0 radical (unpaired) electrons. The van der Waals surface area contributed by atoms with Gasteiger partial charge in [0.15, 0.2) is 11.6 Å². The topological polar surface area (TPSA) is 41.6 Å². The van der Waals surface area contributed by atoms with Gasteiger partial charge in [-0.3, -0.25) is 4.79 Å². The molecule has 1 N–H and O–H groups in total. The van der Waals surface area contributed by atoms with Crippen LogP contribution >= 0.6 is 0 Å². The Balaban J connectivity index is 1.73. The predicted molar refractivity (Wildman–Crippen MR) is 78.0 cm³/mol. The number of benzene rings is 1. The highest BCUT2D eigenvalue weighted by Gasteiger charge is 2.36. The molecule has 2 unspecified atom stereocenters. The van der Waals surface area contributed by atoms with Gasteiger partial charge >= 0.3 is 0 Å². The minimum atomic E-state index is -0.498. The lowest BCUT2D eigenvalue weighted by molar-refractivity contribution is 0.0681. The molecule has 2 bridgehead atoms. The summed E-state index contributed by atoms with van der Waals surface area (Å²) in [7, 11) is 3.23. The van der Waals surface area contributed by atoms with Crippen LogP contribution < -0.4 is 10.1 Å². The average Bonchev–Trinajstić information content (AvgIpc) is 2.84. The van der Waals surface area contributed by atoms with E-state index in [-0.39, 0.29) is 17.7 Å². The Morgan fingerprint density at radius 2 is 2.00 bits per heavy atom. The molecule has 21 heavy (non-hydrogen) atoms. The van der Waals surface area contributed by atoms with Crippen LogP contribution in [-0.4, -0.2) is 43.1 Å². The molecule has 0 aromatic heterocycles. The summed E-state index contributed by atoms with van der Waals surface area (Å²) in [4.78, 5) is 14.3. The Hall–Kier alpha value is -1.62. The van der Waals surface area contributed by atoms with Crippen molar-refractivity contribution in [3.63, 3.8) is 0 Å². The van der Waals surface area contributed by atoms with Gasteiger partial charge in [0, 0.05) is 30.7 Å². The summed E-state index contributed by atoms with van der Waals surface area (Å²) in [6, 6.07) is 5.67. The first-order valence-electron chi connectivity index (χ1n) is 7.45. The maximum absolute atomic E-state index is 13.7. The number of amides is 1. The summed E-state index contributed by atoms with van der Waals surface area (Å²) in [5.41, 5.74) is 0.377. The van der Waals surface area contributed by atoms with Crippen LogP contribution in [0.15, 0.2) is 18.2 Å². The SMILES string of the molecule is COc1ccc(C(=O)N(C)C2CC3CCC(C2)N3)cc1F. The quantitative estimate of drug-likeness (QED) is 0.928. The standard InChI is InChI=1S/C16H21FN2O2/c1-19(13-8-11-4-5-12(9-13)18-11)16(20)10-3-6-15(21-2)14(17)7-10/h3,6-7,11-13,18H,4-5,8-9H2,1-2H3.